The first-order valence-corrected chi connectivity index (χ1v) is 20.1. The smallest absolute Gasteiger partial charge is 0.306 e. The largest absolute Gasteiger partial charge is 0.481 e. The molecule has 1 saturated carbocycles. The highest BCUT2D eigenvalue weighted by Gasteiger charge is 2.29. The van der Waals surface area contributed by atoms with Crippen molar-refractivity contribution in [1.29, 1.82) is 0 Å². The van der Waals surface area contributed by atoms with Crippen molar-refractivity contribution in [1.82, 2.24) is 29.3 Å². The Balaban J connectivity index is 0.941. The number of nitrogens with one attached hydrogen (secondary N) is 2. The number of aromatic nitrogens is 4. The number of benzene rings is 2. The molecule has 5 aromatic rings. The van der Waals surface area contributed by atoms with Crippen molar-refractivity contribution in [2.45, 2.75) is 71.1 Å². The molecule has 3 aromatic heterocycles. The number of carbonyl (C=O) groups excluding carboxylic acids is 1. The number of rotatable bonds is 11. The topological polar surface area (TPSA) is 149 Å². The van der Waals surface area contributed by atoms with Crippen molar-refractivity contribution in [3.8, 4) is 11.1 Å². The number of aliphatic carboxylic acids is 1. The number of carbonyl (C=O) groups is 2. The van der Waals surface area contributed by atoms with Gasteiger partial charge in [0.25, 0.3) is 5.91 Å². The average molecular weight is 777 g/mol. The van der Waals surface area contributed by atoms with E-state index in [-0.39, 0.29) is 17.9 Å². The average Bonchev–Trinajstić information content (AvgIpc) is 3.76. The first-order valence-electron chi connectivity index (χ1n) is 19.7. The number of pyridine rings is 2. The summed E-state index contributed by atoms with van der Waals surface area (Å²) in [4.78, 5) is 44.0. The minimum Gasteiger partial charge on any atom is -0.481 e. The van der Waals surface area contributed by atoms with Crippen LogP contribution in [-0.4, -0.2) is 83.7 Å². The van der Waals surface area contributed by atoms with Crippen molar-refractivity contribution in [2.75, 3.05) is 36.8 Å². The monoisotopic (exact) mass is 776 g/mol. The molecule has 0 unspecified atom stereocenters. The van der Waals surface area contributed by atoms with E-state index in [0.717, 1.165) is 116 Å². The molecule has 13 heteroatoms. The number of fused-ring (bicyclic) bond motifs is 2. The van der Waals surface area contributed by atoms with Gasteiger partial charge in [0.1, 0.15) is 5.52 Å². The zero-order valence-corrected chi connectivity index (χ0v) is 32.7. The van der Waals surface area contributed by atoms with Crippen LogP contribution in [0, 0.1) is 18.8 Å². The summed E-state index contributed by atoms with van der Waals surface area (Å²) in [5.41, 5.74) is 7.81. The molecule has 5 heterocycles. The predicted octanol–water partition coefficient (Wildman–Crippen LogP) is 7.19. The van der Waals surface area contributed by atoms with E-state index >= 15 is 0 Å². The summed E-state index contributed by atoms with van der Waals surface area (Å²) in [6.07, 6.45) is 9.56. The van der Waals surface area contributed by atoms with Gasteiger partial charge in [-0.05, 0) is 98.9 Å². The lowest BCUT2D eigenvalue weighted by atomic mass is 9.80. The molecule has 0 spiro atoms. The number of nitrogens with zero attached hydrogens (tertiary/aromatic N) is 6. The van der Waals surface area contributed by atoms with Crippen LogP contribution in [0.1, 0.15) is 71.7 Å². The van der Waals surface area contributed by atoms with Crippen LogP contribution in [0.2, 0.25) is 5.02 Å². The summed E-state index contributed by atoms with van der Waals surface area (Å²) in [5, 5.41) is 27.3. The Morgan fingerprint density at radius 1 is 0.964 bits per heavy atom. The van der Waals surface area contributed by atoms with Gasteiger partial charge < -0.3 is 25.4 Å². The van der Waals surface area contributed by atoms with Gasteiger partial charge in [-0.3, -0.25) is 24.4 Å². The van der Waals surface area contributed by atoms with Crippen LogP contribution in [0.25, 0.3) is 22.0 Å². The van der Waals surface area contributed by atoms with Gasteiger partial charge in [0.15, 0.2) is 11.6 Å². The molecular weight excluding hydrogens is 728 g/mol. The minimum absolute atomic E-state index is 0.186. The van der Waals surface area contributed by atoms with Gasteiger partial charge in [-0.25, -0.2) is 9.97 Å². The van der Waals surface area contributed by atoms with E-state index in [2.05, 4.69) is 31.5 Å². The Labute approximate surface area is 331 Å². The number of aliphatic hydroxyl groups excluding tert-OH is 1. The van der Waals surface area contributed by atoms with Gasteiger partial charge in [-0.2, -0.15) is 0 Å². The number of β-amino-alcohol motifs (C(OH)–C–C–N with tert-alkyl or cyclic N) is 1. The number of likely N-dealkylation sites (tertiary alicyclic amines) is 1. The summed E-state index contributed by atoms with van der Waals surface area (Å²) >= 11 is 7.11. The molecule has 12 nitrogen and oxygen atoms in total. The zero-order chi connectivity index (χ0) is 38.9. The maximum absolute atomic E-state index is 13.8. The number of anilines is 3. The fourth-order valence-electron chi connectivity index (χ4n) is 8.74. The number of hydrogen-bond acceptors (Lipinski definition) is 9. The zero-order valence-electron chi connectivity index (χ0n) is 32.0. The Morgan fingerprint density at radius 2 is 1.75 bits per heavy atom. The summed E-state index contributed by atoms with van der Waals surface area (Å²) in [6, 6.07) is 15.7. The lowest BCUT2D eigenvalue weighted by molar-refractivity contribution is -0.143. The van der Waals surface area contributed by atoms with Crippen LogP contribution >= 0.6 is 11.6 Å². The molecule has 292 valence electrons. The molecular formula is C43H49ClN8O4. The molecule has 8 rings (SSSR count). The molecule has 0 bridgehead atoms. The molecule has 2 aromatic carbocycles. The predicted molar refractivity (Wildman–Crippen MR) is 218 cm³/mol. The summed E-state index contributed by atoms with van der Waals surface area (Å²) in [6.45, 7) is 6.84. The number of imidazole rings is 1. The number of carboxylic acid groups (broad SMARTS) is 1. The molecule has 1 amide bonds. The maximum atomic E-state index is 13.8. The Hall–Kier alpha value is -4.88. The molecule has 1 aliphatic carbocycles. The quantitative estimate of drug-likeness (QED) is 0.109. The third-order valence-electron chi connectivity index (χ3n) is 12.0. The highest BCUT2D eigenvalue weighted by molar-refractivity contribution is 6.36. The van der Waals surface area contributed by atoms with Gasteiger partial charge in [0.05, 0.1) is 28.4 Å². The van der Waals surface area contributed by atoms with Crippen molar-refractivity contribution in [2.24, 2.45) is 18.9 Å². The van der Waals surface area contributed by atoms with E-state index in [9.17, 15) is 19.8 Å². The van der Waals surface area contributed by atoms with Crippen LogP contribution < -0.4 is 10.6 Å². The highest BCUT2D eigenvalue weighted by Crippen LogP contribution is 2.39. The van der Waals surface area contributed by atoms with Gasteiger partial charge in [0, 0.05) is 80.9 Å². The SMILES string of the molecule is Cc1c(NC(=O)c2nc3c(n2C)CCN(CC[C@H]2CC[C@H](C(=O)O)CC2)C3)cccc1-c1cccc(Nc2nccc3cc(CN4CC[C@@H](O)C4)cnc23)c1Cl. The van der Waals surface area contributed by atoms with Crippen molar-refractivity contribution >= 4 is 51.6 Å². The fraction of sp³-hybridized carbons (Fsp3) is 0.419. The van der Waals surface area contributed by atoms with Crippen molar-refractivity contribution < 1.29 is 19.8 Å². The maximum Gasteiger partial charge on any atom is 0.306 e. The van der Waals surface area contributed by atoms with E-state index in [1.54, 1.807) is 6.20 Å². The van der Waals surface area contributed by atoms with Crippen LogP contribution in [-0.2, 0) is 31.4 Å². The number of hydrogen-bond donors (Lipinski definition) is 4. The van der Waals surface area contributed by atoms with Crippen molar-refractivity contribution in [3.63, 3.8) is 0 Å². The van der Waals surface area contributed by atoms with E-state index in [4.69, 9.17) is 21.6 Å². The molecule has 2 fully saturated rings. The Morgan fingerprint density at radius 3 is 2.52 bits per heavy atom. The third kappa shape index (κ3) is 8.02. The van der Waals surface area contributed by atoms with E-state index < -0.39 is 5.97 Å². The van der Waals surface area contributed by atoms with Gasteiger partial charge in [-0.1, -0.05) is 35.9 Å². The lowest BCUT2D eigenvalue weighted by Gasteiger charge is -2.30. The number of halogens is 1. The molecule has 2 aliphatic heterocycles. The van der Waals surface area contributed by atoms with Crippen LogP contribution in [0.5, 0.6) is 0 Å². The van der Waals surface area contributed by atoms with Crippen molar-refractivity contribution in [3.05, 3.63) is 94.3 Å². The second-order valence-electron chi connectivity index (χ2n) is 15.7. The number of amides is 1. The molecule has 1 atom stereocenters. The summed E-state index contributed by atoms with van der Waals surface area (Å²) in [5.74, 6) is 0.446. The van der Waals surface area contributed by atoms with Crippen LogP contribution in [0.3, 0.4) is 0 Å². The standard InChI is InChI=1S/C43H49ClN8O4/c1-26-32(33-6-4-8-35(38(33)44)47-40-39-30(13-17-45-40)21-28(22-46-39)23-52-19-15-31(53)24-52)5-3-7-34(26)49-42(54)41-48-36-25-51(20-16-37(36)50(41)2)18-14-27-9-11-29(12-10-27)43(55)56/h3-8,13,17,21-22,27,29,31,53H,9-12,14-16,18-20,23-25H2,1-2H3,(H,45,47)(H,49,54)(H,55,56)/t27-,29-,31-/m1/s1. The van der Waals surface area contributed by atoms with Crippen LogP contribution in [0.4, 0.5) is 17.2 Å². The molecule has 4 N–H and O–H groups in total. The minimum atomic E-state index is -0.660. The van der Waals surface area contributed by atoms with Gasteiger partial charge in [0.2, 0.25) is 0 Å². The third-order valence-corrected chi connectivity index (χ3v) is 12.4. The fourth-order valence-corrected chi connectivity index (χ4v) is 9.02. The van der Waals surface area contributed by atoms with E-state index in [1.165, 1.54) is 0 Å². The second kappa shape index (κ2) is 16.3. The first kappa shape index (κ1) is 38.0. The number of aliphatic hydroxyl groups is 1. The first-order chi connectivity index (χ1) is 27.1. The Bertz CT molecular complexity index is 2270. The van der Waals surface area contributed by atoms with E-state index in [1.807, 2.05) is 67.2 Å². The normalized spacial score (nSPS) is 20.2. The molecule has 56 heavy (non-hydrogen) atoms. The molecule has 3 aliphatic rings. The number of carboxylic acids is 1. The Kier molecular flexibility index (Phi) is 11.1. The van der Waals surface area contributed by atoms with Crippen LogP contribution in [0.15, 0.2) is 60.9 Å². The summed E-state index contributed by atoms with van der Waals surface area (Å²) in [7, 11) is 1.92. The second-order valence-corrected chi connectivity index (χ2v) is 16.1. The summed E-state index contributed by atoms with van der Waals surface area (Å²) < 4.78 is 1.93. The highest BCUT2D eigenvalue weighted by atomic mass is 35.5. The molecule has 1 saturated heterocycles. The van der Waals surface area contributed by atoms with Gasteiger partial charge >= 0.3 is 5.97 Å². The molecule has 0 radical (unpaired) electrons. The van der Waals surface area contributed by atoms with Gasteiger partial charge in [-0.15, -0.1) is 0 Å². The lowest BCUT2D eigenvalue weighted by Crippen LogP contribution is -2.33. The van der Waals surface area contributed by atoms with E-state index in [0.29, 0.717) is 47.0 Å².